The van der Waals surface area contributed by atoms with E-state index in [1.54, 1.807) is 0 Å². The molecule has 2 rings (SSSR count). The first kappa shape index (κ1) is 11.8. The van der Waals surface area contributed by atoms with Gasteiger partial charge in [0.05, 0.1) is 36.7 Å². The summed E-state index contributed by atoms with van der Waals surface area (Å²) in [5.74, 6) is 0.682. The van der Waals surface area contributed by atoms with Gasteiger partial charge in [-0.05, 0) is 12.3 Å². The zero-order valence-corrected chi connectivity index (χ0v) is 9.78. The zero-order chi connectivity index (χ0) is 11.6. The van der Waals surface area contributed by atoms with Gasteiger partial charge in [0.1, 0.15) is 0 Å². The first-order chi connectivity index (χ1) is 7.59. The molecule has 0 saturated carbocycles. The molecule has 0 aromatic carbocycles. The lowest BCUT2D eigenvalue weighted by Gasteiger charge is -2.13. The minimum atomic E-state index is -2.82. The van der Waals surface area contributed by atoms with Crippen molar-refractivity contribution in [1.29, 1.82) is 5.26 Å². The van der Waals surface area contributed by atoms with Gasteiger partial charge in [0.2, 0.25) is 0 Å². The molecule has 3 unspecified atom stereocenters. The maximum Gasteiger partial charge on any atom is 0.158 e. The van der Waals surface area contributed by atoms with E-state index in [2.05, 4.69) is 0 Å². The molecule has 0 spiro atoms. The van der Waals surface area contributed by atoms with Crippen LogP contribution >= 0.6 is 0 Å². The lowest BCUT2D eigenvalue weighted by Crippen LogP contribution is -2.17. The van der Waals surface area contributed by atoms with Gasteiger partial charge < -0.3 is 9.47 Å². The molecular formula is C10H15NO4S. The van der Waals surface area contributed by atoms with E-state index in [-0.39, 0.29) is 29.8 Å². The van der Waals surface area contributed by atoms with Crippen molar-refractivity contribution in [2.24, 2.45) is 5.92 Å². The largest absolute Gasteiger partial charge is 0.350 e. The van der Waals surface area contributed by atoms with E-state index in [1.165, 1.54) is 0 Å². The highest BCUT2D eigenvalue weighted by Crippen LogP contribution is 2.27. The molecule has 0 aliphatic carbocycles. The molecule has 2 aliphatic heterocycles. The van der Waals surface area contributed by atoms with Crippen molar-refractivity contribution in [2.75, 3.05) is 18.1 Å². The first-order valence-corrected chi connectivity index (χ1v) is 7.25. The van der Waals surface area contributed by atoms with Crippen molar-refractivity contribution in [3.63, 3.8) is 0 Å². The van der Waals surface area contributed by atoms with E-state index >= 15 is 0 Å². The number of ether oxygens (including phenoxy) is 2. The van der Waals surface area contributed by atoms with Crippen LogP contribution in [0.15, 0.2) is 0 Å². The van der Waals surface area contributed by atoms with Crippen LogP contribution in [0, 0.1) is 17.2 Å². The van der Waals surface area contributed by atoms with Crippen LogP contribution in [-0.2, 0) is 19.3 Å². The van der Waals surface area contributed by atoms with E-state index < -0.39 is 9.84 Å². The molecular weight excluding hydrogens is 230 g/mol. The van der Waals surface area contributed by atoms with Crippen LogP contribution in [0.25, 0.3) is 0 Å². The first-order valence-electron chi connectivity index (χ1n) is 5.43. The lowest BCUT2D eigenvalue weighted by atomic mass is 10.1. The van der Waals surface area contributed by atoms with E-state index in [9.17, 15) is 8.42 Å². The molecule has 2 heterocycles. The fourth-order valence-corrected chi connectivity index (χ4v) is 4.05. The fourth-order valence-electron chi connectivity index (χ4n) is 2.17. The van der Waals surface area contributed by atoms with Crippen molar-refractivity contribution in [2.45, 2.75) is 31.7 Å². The summed E-state index contributed by atoms with van der Waals surface area (Å²) in [7, 11) is -2.82. The Hall–Kier alpha value is -0.640. The Morgan fingerprint density at radius 2 is 2.25 bits per heavy atom. The lowest BCUT2D eigenvalue weighted by molar-refractivity contribution is -0.0687. The number of sulfone groups is 1. The Balaban J connectivity index is 1.78. The Morgan fingerprint density at radius 1 is 1.44 bits per heavy atom. The standard InChI is InChI=1S/C10H15NO4S/c11-3-1-9-6-14-10(15-9)5-8-2-4-16(12,13)7-8/h8-10H,1-2,4-7H2. The Morgan fingerprint density at radius 3 is 2.88 bits per heavy atom. The van der Waals surface area contributed by atoms with Crippen molar-refractivity contribution < 1.29 is 17.9 Å². The summed E-state index contributed by atoms with van der Waals surface area (Å²) in [6.45, 7) is 0.442. The van der Waals surface area contributed by atoms with Gasteiger partial charge in [-0.3, -0.25) is 0 Å². The Kier molecular flexibility index (Phi) is 3.47. The van der Waals surface area contributed by atoms with Crippen molar-refractivity contribution in [3.05, 3.63) is 0 Å². The third-order valence-corrected chi connectivity index (χ3v) is 4.82. The minimum Gasteiger partial charge on any atom is -0.350 e. The van der Waals surface area contributed by atoms with E-state index in [4.69, 9.17) is 14.7 Å². The number of rotatable bonds is 3. The molecule has 0 radical (unpaired) electrons. The zero-order valence-electron chi connectivity index (χ0n) is 8.96. The predicted molar refractivity (Wildman–Crippen MR) is 56.2 cm³/mol. The van der Waals surface area contributed by atoms with E-state index in [0.717, 1.165) is 0 Å². The van der Waals surface area contributed by atoms with Crippen LogP contribution in [0.1, 0.15) is 19.3 Å². The van der Waals surface area contributed by atoms with Gasteiger partial charge in [-0.15, -0.1) is 0 Å². The molecule has 0 amide bonds. The summed E-state index contributed by atoms with van der Waals surface area (Å²) in [4.78, 5) is 0. The predicted octanol–water partition coefficient (Wildman–Crippen LogP) is 0.466. The SMILES string of the molecule is N#CCC1COC(CC2CCS(=O)(=O)C2)O1. The molecule has 6 heteroatoms. The summed E-state index contributed by atoms with van der Waals surface area (Å²) in [5, 5.41) is 8.50. The second-order valence-corrected chi connectivity index (χ2v) is 6.62. The topological polar surface area (TPSA) is 76.4 Å². The smallest absolute Gasteiger partial charge is 0.158 e. The van der Waals surface area contributed by atoms with Crippen molar-refractivity contribution >= 4 is 9.84 Å². The number of hydrogen-bond donors (Lipinski definition) is 0. The van der Waals surface area contributed by atoms with Gasteiger partial charge in [-0.2, -0.15) is 5.26 Å². The summed E-state index contributed by atoms with van der Waals surface area (Å²) in [5.41, 5.74) is 0. The van der Waals surface area contributed by atoms with Gasteiger partial charge in [-0.25, -0.2) is 8.42 Å². The Labute approximate surface area is 95.3 Å². The molecule has 16 heavy (non-hydrogen) atoms. The summed E-state index contributed by atoms with van der Waals surface area (Å²) in [6.07, 6.45) is 1.19. The maximum absolute atomic E-state index is 11.3. The van der Waals surface area contributed by atoms with Crippen LogP contribution < -0.4 is 0 Å². The average Bonchev–Trinajstić information content (AvgIpc) is 2.75. The minimum absolute atomic E-state index is 0.145. The molecule has 3 atom stereocenters. The van der Waals surface area contributed by atoms with E-state index in [0.29, 0.717) is 25.9 Å². The van der Waals surface area contributed by atoms with Gasteiger partial charge in [0.15, 0.2) is 16.1 Å². The fraction of sp³-hybridized carbons (Fsp3) is 0.900. The molecule has 5 nitrogen and oxygen atoms in total. The Bertz CT molecular complexity index is 386. The van der Waals surface area contributed by atoms with Gasteiger partial charge in [0, 0.05) is 6.42 Å². The van der Waals surface area contributed by atoms with Gasteiger partial charge in [0.25, 0.3) is 0 Å². The number of nitriles is 1. The molecule has 2 aliphatic rings. The van der Waals surface area contributed by atoms with Crippen LogP contribution in [0.3, 0.4) is 0 Å². The number of nitrogens with zero attached hydrogens (tertiary/aromatic N) is 1. The highest BCUT2D eigenvalue weighted by Gasteiger charge is 2.33. The summed E-state index contributed by atoms with van der Waals surface area (Å²) in [6, 6.07) is 2.04. The van der Waals surface area contributed by atoms with Crippen LogP contribution in [0.5, 0.6) is 0 Å². The van der Waals surface area contributed by atoms with Gasteiger partial charge in [-0.1, -0.05) is 0 Å². The third-order valence-electron chi connectivity index (χ3n) is 2.98. The van der Waals surface area contributed by atoms with Crippen LogP contribution in [0.2, 0.25) is 0 Å². The molecule has 0 bridgehead atoms. The molecule has 0 aromatic rings. The van der Waals surface area contributed by atoms with Crippen molar-refractivity contribution in [3.8, 4) is 6.07 Å². The van der Waals surface area contributed by atoms with E-state index in [1.807, 2.05) is 6.07 Å². The molecule has 2 saturated heterocycles. The maximum atomic E-state index is 11.3. The second-order valence-electron chi connectivity index (χ2n) is 4.39. The molecule has 0 aromatic heterocycles. The average molecular weight is 245 g/mol. The highest BCUT2D eigenvalue weighted by molar-refractivity contribution is 7.91. The molecule has 2 fully saturated rings. The van der Waals surface area contributed by atoms with Crippen LogP contribution in [0.4, 0.5) is 0 Å². The monoisotopic (exact) mass is 245 g/mol. The summed E-state index contributed by atoms with van der Waals surface area (Å²) < 4.78 is 33.4. The summed E-state index contributed by atoms with van der Waals surface area (Å²) >= 11 is 0. The van der Waals surface area contributed by atoms with Crippen LogP contribution in [-0.4, -0.2) is 38.9 Å². The second kappa shape index (κ2) is 4.70. The molecule has 90 valence electrons. The third kappa shape index (κ3) is 2.94. The van der Waals surface area contributed by atoms with Gasteiger partial charge >= 0.3 is 0 Å². The molecule has 0 N–H and O–H groups in total. The highest BCUT2D eigenvalue weighted by atomic mass is 32.2. The quantitative estimate of drug-likeness (QED) is 0.722. The van der Waals surface area contributed by atoms with Crippen molar-refractivity contribution in [1.82, 2.24) is 0 Å². The number of hydrogen-bond acceptors (Lipinski definition) is 5. The normalized spacial score (nSPS) is 37.3.